The number of hydrogen-bond donors (Lipinski definition) is 2. The molecule has 21 heavy (non-hydrogen) atoms. The normalized spacial score (nSPS) is 18.3. The molecule has 0 bridgehead atoms. The van der Waals surface area contributed by atoms with Crippen molar-refractivity contribution in [1.82, 2.24) is 10.2 Å². The van der Waals surface area contributed by atoms with Gasteiger partial charge in [0.2, 0.25) is 5.91 Å². The summed E-state index contributed by atoms with van der Waals surface area (Å²) < 4.78 is 0. The van der Waals surface area contributed by atoms with Crippen LogP contribution in [0.1, 0.15) is 32.3 Å². The van der Waals surface area contributed by atoms with Crippen molar-refractivity contribution in [2.45, 2.75) is 37.7 Å². The van der Waals surface area contributed by atoms with Crippen molar-refractivity contribution in [3.63, 3.8) is 0 Å². The minimum absolute atomic E-state index is 0.109. The van der Waals surface area contributed by atoms with E-state index in [-0.39, 0.29) is 5.91 Å². The number of amides is 1. The third-order valence-electron chi connectivity index (χ3n) is 4.16. The first kappa shape index (κ1) is 16.0. The lowest BCUT2D eigenvalue weighted by Crippen LogP contribution is -2.53. The van der Waals surface area contributed by atoms with Crippen LogP contribution in [0.15, 0.2) is 30.3 Å². The van der Waals surface area contributed by atoms with Gasteiger partial charge < -0.3 is 15.3 Å². The van der Waals surface area contributed by atoms with E-state index in [2.05, 4.69) is 5.32 Å². The van der Waals surface area contributed by atoms with E-state index in [0.29, 0.717) is 6.54 Å². The van der Waals surface area contributed by atoms with Crippen LogP contribution in [0.25, 0.3) is 0 Å². The molecule has 1 heterocycles. The molecule has 1 aromatic carbocycles. The molecule has 0 saturated carbocycles. The first-order valence-corrected chi connectivity index (χ1v) is 7.59. The van der Waals surface area contributed by atoms with E-state index < -0.39 is 11.0 Å². The number of carbonyl (C=O) groups is 1. The highest BCUT2D eigenvalue weighted by molar-refractivity contribution is 5.88. The SMILES string of the molecule is CN(CC(C)(C)O)C(=O)C1(c2ccccc2)CCNCC1. The first-order valence-electron chi connectivity index (χ1n) is 7.59. The molecule has 0 atom stereocenters. The van der Waals surface area contributed by atoms with Gasteiger partial charge in [-0.15, -0.1) is 0 Å². The molecule has 4 nitrogen and oxygen atoms in total. The maximum absolute atomic E-state index is 13.1. The Morgan fingerprint density at radius 3 is 2.38 bits per heavy atom. The van der Waals surface area contributed by atoms with Crippen molar-refractivity contribution in [3.05, 3.63) is 35.9 Å². The van der Waals surface area contributed by atoms with E-state index in [1.165, 1.54) is 0 Å². The van der Waals surface area contributed by atoms with Crippen LogP contribution in [-0.2, 0) is 10.2 Å². The van der Waals surface area contributed by atoms with Crippen molar-refractivity contribution in [3.8, 4) is 0 Å². The highest BCUT2D eigenvalue weighted by atomic mass is 16.3. The summed E-state index contributed by atoms with van der Waals surface area (Å²) in [4.78, 5) is 14.8. The van der Waals surface area contributed by atoms with Gasteiger partial charge in [0, 0.05) is 13.6 Å². The molecule has 0 radical (unpaired) electrons. The number of carbonyl (C=O) groups excluding carboxylic acids is 1. The largest absolute Gasteiger partial charge is 0.389 e. The second-order valence-corrected chi connectivity index (χ2v) is 6.67. The maximum atomic E-state index is 13.1. The van der Waals surface area contributed by atoms with Gasteiger partial charge in [0.15, 0.2) is 0 Å². The van der Waals surface area contributed by atoms with Gasteiger partial charge in [0.05, 0.1) is 11.0 Å². The molecular weight excluding hydrogens is 264 g/mol. The standard InChI is InChI=1S/C17H26N2O2/c1-16(2,21)13-19(3)15(20)17(9-11-18-12-10-17)14-7-5-4-6-8-14/h4-8,18,21H,9-13H2,1-3H3. The fourth-order valence-corrected chi connectivity index (χ4v) is 3.25. The Labute approximate surface area is 127 Å². The molecule has 4 heteroatoms. The number of nitrogens with one attached hydrogen (secondary N) is 1. The highest BCUT2D eigenvalue weighted by Crippen LogP contribution is 2.35. The molecule has 1 saturated heterocycles. The van der Waals surface area contributed by atoms with Crippen LogP contribution in [0, 0.1) is 0 Å². The lowest BCUT2D eigenvalue weighted by Gasteiger charge is -2.40. The van der Waals surface area contributed by atoms with Crippen LogP contribution in [-0.4, -0.2) is 48.2 Å². The van der Waals surface area contributed by atoms with Crippen LogP contribution in [0.4, 0.5) is 0 Å². The third-order valence-corrected chi connectivity index (χ3v) is 4.16. The summed E-state index contributed by atoms with van der Waals surface area (Å²) in [5, 5.41) is 13.3. The second-order valence-electron chi connectivity index (χ2n) is 6.67. The van der Waals surface area contributed by atoms with Crippen molar-refractivity contribution >= 4 is 5.91 Å². The van der Waals surface area contributed by atoms with Crippen LogP contribution in [0.2, 0.25) is 0 Å². The van der Waals surface area contributed by atoms with E-state index in [1.54, 1.807) is 25.8 Å². The fraction of sp³-hybridized carbons (Fsp3) is 0.588. The van der Waals surface area contributed by atoms with Crippen LogP contribution in [0.5, 0.6) is 0 Å². The Hall–Kier alpha value is -1.39. The lowest BCUT2D eigenvalue weighted by molar-refractivity contribution is -0.140. The van der Waals surface area contributed by atoms with Gasteiger partial charge in [0.1, 0.15) is 0 Å². The number of benzene rings is 1. The molecular formula is C17H26N2O2. The zero-order chi connectivity index (χ0) is 15.5. The van der Waals surface area contributed by atoms with Gasteiger partial charge >= 0.3 is 0 Å². The Balaban J connectivity index is 2.30. The molecule has 0 aliphatic carbocycles. The molecule has 0 aromatic heterocycles. The third kappa shape index (κ3) is 3.63. The van der Waals surface area contributed by atoms with Gasteiger partial charge in [-0.1, -0.05) is 30.3 Å². The number of rotatable bonds is 4. The minimum atomic E-state index is -0.880. The zero-order valence-electron chi connectivity index (χ0n) is 13.2. The quantitative estimate of drug-likeness (QED) is 0.884. The van der Waals surface area contributed by atoms with Crippen LogP contribution >= 0.6 is 0 Å². The summed E-state index contributed by atoms with van der Waals surface area (Å²) in [7, 11) is 1.78. The average molecular weight is 290 g/mol. The van der Waals surface area contributed by atoms with Crippen molar-refractivity contribution in [1.29, 1.82) is 0 Å². The van der Waals surface area contributed by atoms with Gasteiger partial charge in [-0.3, -0.25) is 4.79 Å². The zero-order valence-corrected chi connectivity index (χ0v) is 13.2. The van der Waals surface area contributed by atoms with E-state index >= 15 is 0 Å². The van der Waals surface area contributed by atoms with Crippen molar-refractivity contribution < 1.29 is 9.90 Å². The van der Waals surface area contributed by atoms with E-state index in [4.69, 9.17) is 0 Å². The number of nitrogens with zero attached hydrogens (tertiary/aromatic N) is 1. The summed E-state index contributed by atoms with van der Waals surface area (Å²) in [6, 6.07) is 10.0. The Bertz CT molecular complexity index is 473. The van der Waals surface area contributed by atoms with Gasteiger partial charge in [-0.2, -0.15) is 0 Å². The maximum Gasteiger partial charge on any atom is 0.233 e. The van der Waals surface area contributed by atoms with Crippen LogP contribution < -0.4 is 5.32 Å². The number of piperidine rings is 1. The Morgan fingerprint density at radius 2 is 1.86 bits per heavy atom. The van der Waals surface area contributed by atoms with Gasteiger partial charge in [-0.05, 0) is 45.3 Å². The minimum Gasteiger partial charge on any atom is -0.389 e. The molecule has 0 spiro atoms. The predicted octanol–water partition coefficient (Wildman–Crippen LogP) is 1.54. The first-order chi connectivity index (χ1) is 9.85. The van der Waals surface area contributed by atoms with E-state index in [1.807, 2.05) is 30.3 Å². The molecule has 116 valence electrons. The number of aliphatic hydroxyl groups is 1. The number of likely N-dealkylation sites (N-methyl/N-ethyl adjacent to an activating group) is 1. The van der Waals surface area contributed by atoms with Crippen molar-refractivity contribution in [2.24, 2.45) is 0 Å². The topological polar surface area (TPSA) is 52.6 Å². The average Bonchev–Trinajstić information content (AvgIpc) is 2.46. The van der Waals surface area contributed by atoms with E-state index in [9.17, 15) is 9.90 Å². The molecule has 2 N–H and O–H groups in total. The molecule has 1 aliphatic rings. The molecule has 0 unspecified atom stereocenters. The van der Waals surface area contributed by atoms with Gasteiger partial charge in [-0.25, -0.2) is 0 Å². The summed E-state index contributed by atoms with van der Waals surface area (Å²) >= 11 is 0. The molecule has 1 fully saturated rings. The fourth-order valence-electron chi connectivity index (χ4n) is 3.25. The van der Waals surface area contributed by atoms with Gasteiger partial charge in [0.25, 0.3) is 0 Å². The summed E-state index contributed by atoms with van der Waals surface area (Å²) in [5.74, 6) is 0.109. The van der Waals surface area contributed by atoms with Crippen molar-refractivity contribution in [2.75, 3.05) is 26.7 Å². The smallest absolute Gasteiger partial charge is 0.233 e. The predicted molar refractivity (Wildman–Crippen MR) is 84.2 cm³/mol. The Kier molecular flexibility index (Phi) is 4.69. The van der Waals surface area contributed by atoms with E-state index in [0.717, 1.165) is 31.5 Å². The Morgan fingerprint density at radius 1 is 1.29 bits per heavy atom. The molecule has 1 amide bonds. The molecule has 2 rings (SSSR count). The monoisotopic (exact) mass is 290 g/mol. The van der Waals surface area contributed by atoms with Crippen LogP contribution in [0.3, 0.4) is 0 Å². The molecule has 1 aliphatic heterocycles. The summed E-state index contributed by atoms with van der Waals surface area (Å²) in [6.45, 7) is 5.49. The summed E-state index contributed by atoms with van der Waals surface area (Å²) in [6.07, 6.45) is 1.60. The second kappa shape index (κ2) is 6.16. The summed E-state index contributed by atoms with van der Waals surface area (Å²) in [5.41, 5.74) is -0.263. The molecule has 1 aromatic rings. The number of hydrogen-bond acceptors (Lipinski definition) is 3. The highest BCUT2D eigenvalue weighted by Gasteiger charge is 2.43. The lowest BCUT2D eigenvalue weighted by atomic mass is 9.72.